The van der Waals surface area contributed by atoms with Crippen molar-refractivity contribution in [1.82, 2.24) is 0 Å². The highest BCUT2D eigenvalue weighted by Gasteiger charge is 2.23. The van der Waals surface area contributed by atoms with E-state index >= 15 is 0 Å². The van der Waals surface area contributed by atoms with Crippen LogP contribution < -0.4 is 14.8 Å². The quantitative estimate of drug-likeness (QED) is 0.879. The summed E-state index contributed by atoms with van der Waals surface area (Å²) in [6, 6.07) is 13.1. The van der Waals surface area contributed by atoms with Crippen molar-refractivity contribution >= 4 is 23.2 Å². The summed E-state index contributed by atoms with van der Waals surface area (Å²) in [7, 11) is 3.20. The lowest BCUT2D eigenvalue weighted by molar-refractivity contribution is -0.110. The number of nitrogens with one attached hydrogen (secondary N) is 1. The van der Waals surface area contributed by atoms with E-state index in [0.29, 0.717) is 17.1 Å². The van der Waals surface area contributed by atoms with E-state index in [4.69, 9.17) is 9.47 Å². The molecule has 21 heavy (non-hydrogen) atoms. The number of anilines is 1. The van der Waals surface area contributed by atoms with Gasteiger partial charge in [0.25, 0.3) is 5.91 Å². The van der Waals surface area contributed by atoms with Crippen LogP contribution in [-0.4, -0.2) is 20.1 Å². The molecule has 1 aliphatic heterocycles. The number of para-hydroxylation sites is 1. The van der Waals surface area contributed by atoms with Crippen molar-refractivity contribution in [3.63, 3.8) is 0 Å². The highest BCUT2D eigenvalue weighted by atomic mass is 16.5. The fraction of sp³-hybridized carbons (Fsp3) is 0.118. The minimum Gasteiger partial charge on any atom is -0.497 e. The highest BCUT2D eigenvalue weighted by Crippen LogP contribution is 2.35. The van der Waals surface area contributed by atoms with Gasteiger partial charge in [-0.3, -0.25) is 4.79 Å². The summed E-state index contributed by atoms with van der Waals surface area (Å²) in [6.45, 7) is 0. The Balaban J connectivity index is 2.08. The van der Waals surface area contributed by atoms with Gasteiger partial charge in [-0.2, -0.15) is 0 Å². The molecule has 1 aliphatic rings. The summed E-state index contributed by atoms with van der Waals surface area (Å²) in [5.74, 6) is 1.28. The van der Waals surface area contributed by atoms with Crippen LogP contribution in [0.1, 0.15) is 11.1 Å². The number of amides is 1. The Bertz CT molecular complexity index is 735. The highest BCUT2D eigenvalue weighted by molar-refractivity contribution is 6.35. The van der Waals surface area contributed by atoms with Crippen LogP contribution in [0.3, 0.4) is 0 Å². The van der Waals surface area contributed by atoms with E-state index in [9.17, 15) is 4.79 Å². The van der Waals surface area contributed by atoms with E-state index in [1.165, 1.54) is 0 Å². The zero-order chi connectivity index (χ0) is 14.8. The fourth-order valence-electron chi connectivity index (χ4n) is 2.38. The zero-order valence-electron chi connectivity index (χ0n) is 11.8. The van der Waals surface area contributed by atoms with E-state index in [0.717, 1.165) is 16.8 Å². The Morgan fingerprint density at radius 2 is 1.86 bits per heavy atom. The SMILES string of the molecule is COc1ccc(/C=C2\C(=O)Nc3ccccc32)c(OC)c1. The van der Waals surface area contributed by atoms with E-state index < -0.39 is 0 Å². The fourth-order valence-corrected chi connectivity index (χ4v) is 2.38. The van der Waals surface area contributed by atoms with Crippen LogP contribution in [-0.2, 0) is 4.79 Å². The van der Waals surface area contributed by atoms with Crippen LogP contribution in [0, 0.1) is 0 Å². The van der Waals surface area contributed by atoms with Crippen LogP contribution in [0.15, 0.2) is 42.5 Å². The topological polar surface area (TPSA) is 47.6 Å². The predicted octanol–water partition coefficient (Wildman–Crippen LogP) is 3.20. The number of rotatable bonds is 3. The number of hydrogen-bond donors (Lipinski definition) is 1. The predicted molar refractivity (Wildman–Crippen MR) is 82.5 cm³/mol. The van der Waals surface area contributed by atoms with Gasteiger partial charge in [0, 0.05) is 28.5 Å². The lowest BCUT2D eigenvalue weighted by Gasteiger charge is -2.08. The third-order valence-electron chi connectivity index (χ3n) is 3.45. The van der Waals surface area contributed by atoms with E-state index in [1.807, 2.05) is 42.5 Å². The average Bonchev–Trinajstić information content (AvgIpc) is 2.83. The Morgan fingerprint density at radius 3 is 2.62 bits per heavy atom. The van der Waals surface area contributed by atoms with E-state index in [2.05, 4.69) is 5.32 Å². The van der Waals surface area contributed by atoms with Crippen molar-refractivity contribution in [3.05, 3.63) is 53.6 Å². The first-order valence-corrected chi connectivity index (χ1v) is 6.57. The smallest absolute Gasteiger partial charge is 0.256 e. The van der Waals surface area contributed by atoms with Gasteiger partial charge < -0.3 is 14.8 Å². The monoisotopic (exact) mass is 281 g/mol. The van der Waals surface area contributed by atoms with Crippen LogP contribution in [0.5, 0.6) is 11.5 Å². The first-order chi connectivity index (χ1) is 10.2. The molecule has 0 atom stereocenters. The molecule has 0 saturated heterocycles. The number of carbonyl (C=O) groups excluding carboxylic acids is 1. The van der Waals surface area contributed by atoms with Crippen LogP contribution in [0.2, 0.25) is 0 Å². The molecule has 4 nitrogen and oxygen atoms in total. The summed E-state index contributed by atoms with van der Waals surface area (Å²) in [5.41, 5.74) is 3.20. The van der Waals surface area contributed by atoms with Gasteiger partial charge in [-0.25, -0.2) is 0 Å². The molecule has 1 heterocycles. The maximum absolute atomic E-state index is 12.1. The minimum absolute atomic E-state index is 0.103. The first kappa shape index (κ1) is 13.2. The third-order valence-corrected chi connectivity index (χ3v) is 3.45. The number of ether oxygens (including phenoxy) is 2. The van der Waals surface area contributed by atoms with Crippen molar-refractivity contribution in [3.8, 4) is 11.5 Å². The van der Waals surface area contributed by atoms with Crippen molar-refractivity contribution in [2.45, 2.75) is 0 Å². The van der Waals surface area contributed by atoms with Crippen LogP contribution in [0.4, 0.5) is 5.69 Å². The molecule has 0 radical (unpaired) electrons. The normalized spacial score (nSPS) is 14.8. The maximum Gasteiger partial charge on any atom is 0.256 e. The van der Waals surface area contributed by atoms with Crippen molar-refractivity contribution in [2.75, 3.05) is 19.5 Å². The van der Waals surface area contributed by atoms with Crippen molar-refractivity contribution < 1.29 is 14.3 Å². The molecule has 0 fully saturated rings. The van der Waals surface area contributed by atoms with Crippen molar-refractivity contribution in [1.29, 1.82) is 0 Å². The van der Waals surface area contributed by atoms with E-state index in [-0.39, 0.29) is 5.91 Å². The van der Waals surface area contributed by atoms with Gasteiger partial charge in [0.2, 0.25) is 0 Å². The molecule has 0 unspecified atom stereocenters. The second kappa shape index (κ2) is 5.32. The summed E-state index contributed by atoms with van der Waals surface area (Å²) in [6.07, 6.45) is 1.83. The number of methoxy groups -OCH3 is 2. The van der Waals surface area contributed by atoms with Gasteiger partial charge in [-0.05, 0) is 24.3 Å². The Hall–Kier alpha value is -2.75. The Kier molecular flexibility index (Phi) is 3.36. The van der Waals surface area contributed by atoms with Gasteiger partial charge in [0.1, 0.15) is 11.5 Å². The molecule has 3 rings (SSSR count). The summed E-state index contributed by atoms with van der Waals surface area (Å²) in [5, 5.41) is 2.86. The van der Waals surface area contributed by atoms with Gasteiger partial charge >= 0.3 is 0 Å². The molecule has 2 aromatic carbocycles. The second-order valence-electron chi connectivity index (χ2n) is 4.67. The Labute approximate surface area is 123 Å². The summed E-state index contributed by atoms with van der Waals surface area (Å²) < 4.78 is 10.5. The molecule has 4 heteroatoms. The zero-order valence-corrected chi connectivity index (χ0v) is 11.8. The second-order valence-corrected chi connectivity index (χ2v) is 4.67. The molecule has 0 saturated carbocycles. The standard InChI is InChI=1S/C17H15NO3/c1-20-12-8-7-11(16(10-12)21-2)9-14-13-5-3-4-6-15(13)18-17(14)19/h3-10H,1-2H3,(H,18,19)/b14-9-. The lowest BCUT2D eigenvalue weighted by atomic mass is 10.0. The van der Waals surface area contributed by atoms with E-state index in [1.54, 1.807) is 20.3 Å². The molecular weight excluding hydrogens is 266 g/mol. The Morgan fingerprint density at radius 1 is 1.05 bits per heavy atom. The molecular formula is C17H15NO3. The van der Waals surface area contributed by atoms with Crippen LogP contribution >= 0.6 is 0 Å². The number of benzene rings is 2. The molecule has 1 N–H and O–H groups in total. The summed E-state index contributed by atoms with van der Waals surface area (Å²) in [4.78, 5) is 12.1. The average molecular weight is 281 g/mol. The number of fused-ring (bicyclic) bond motifs is 1. The van der Waals surface area contributed by atoms with Gasteiger partial charge in [-0.1, -0.05) is 18.2 Å². The molecule has 2 aromatic rings. The lowest BCUT2D eigenvalue weighted by Crippen LogP contribution is -2.03. The number of hydrogen-bond acceptors (Lipinski definition) is 3. The first-order valence-electron chi connectivity index (χ1n) is 6.57. The molecule has 106 valence electrons. The molecule has 1 amide bonds. The number of carbonyl (C=O) groups is 1. The molecule has 0 spiro atoms. The van der Waals surface area contributed by atoms with Gasteiger partial charge in [0.15, 0.2) is 0 Å². The molecule has 0 aliphatic carbocycles. The molecule has 0 aromatic heterocycles. The van der Waals surface area contributed by atoms with Crippen molar-refractivity contribution in [2.24, 2.45) is 0 Å². The summed E-state index contributed by atoms with van der Waals surface area (Å²) >= 11 is 0. The molecule has 0 bridgehead atoms. The van der Waals surface area contributed by atoms with Crippen LogP contribution in [0.25, 0.3) is 11.6 Å². The maximum atomic E-state index is 12.1. The third kappa shape index (κ3) is 2.36. The largest absolute Gasteiger partial charge is 0.497 e. The minimum atomic E-state index is -0.103. The van der Waals surface area contributed by atoms with Gasteiger partial charge in [-0.15, -0.1) is 0 Å². The van der Waals surface area contributed by atoms with Gasteiger partial charge in [0.05, 0.1) is 14.2 Å².